The van der Waals surface area contributed by atoms with Crippen LogP contribution < -0.4 is 4.72 Å². The normalized spacial score (nSPS) is 13.5. The molecule has 0 aromatic heterocycles. The molecule has 18 heavy (non-hydrogen) atoms. The summed E-state index contributed by atoms with van der Waals surface area (Å²) in [6.07, 6.45) is 1.11. The molecule has 1 aromatic carbocycles. The van der Waals surface area contributed by atoms with E-state index in [-0.39, 0.29) is 18.4 Å². The molecule has 1 rings (SSSR count). The van der Waals surface area contributed by atoms with Crippen LogP contribution in [0.2, 0.25) is 0 Å². The number of halogens is 1. The summed E-state index contributed by atoms with van der Waals surface area (Å²) in [5.74, 6) is -0.690. The molecule has 0 aliphatic carbocycles. The quantitative estimate of drug-likeness (QED) is 0.790. The first kappa shape index (κ1) is 15.1. The summed E-state index contributed by atoms with van der Waals surface area (Å²) < 4.78 is 39.0. The maximum atomic E-state index is 12.9. The second-order valence-corrected chi connectivity index (χ2v) is 6.03. The Morgan fingerprint density at radius 3 is 2.78 bits per heavy atom. The Kier molecular flexibility index (Phi) is 5.71. The average Bonchev–Trinajstić information content (AvgIpc) is 2.24. The van der Waals surface area contributed by atoms with Crippen LogP contribution in [0.25, 0.3) is 0 Å². The molecule has 0 heterocycles. The van der Waals surface area contributed by atoms with Crippen LogP contribution >= 0.6 is 0 Å². The molecule has 0 spiro atoms. The minimum absolute atomic E-state index is 0.0377. The first-order valence-electron chi connectivity index (χ1n) is 5.78. The lowest BCUT2D eigenvalue weighted by Crippen LogP contribution is -2.33. The molecule has 0 bridgehead atoms. The van der Waals surface area contributed by atoms with Gasteiger partial charge in [-0.25, -0.2) is 17.5 Å². The van der Waals surface area contributed by atoms with Crippen LogP contribution in [0.3, 0.4) is 0 Å². The van der Waals surface area contributed by atoms with Crippen molar-refractivity contribution in [2.75, 3.05) is 6.61 Å². The third kappa shape index (κ3) is 5.57. The van der Waals surface area contributed by atoms with Gasteiger partial charge in [0, 0.05) is 12.6 Å². The molecule has 0 saturated carbocycles. The first-order chi connectivity index (χ1) is 8.43. The van der Waals surface area contributed by atoms with Crippen molar-refractivity contribution < 1.29 is 17.9 Å². The molecule has 0 amide bonds. The fourth-order valence-electron chi connectivity index (χ4n) is 1.65. The number of benzene rings is 1. The van der Waals surface area contributed by atoms with Crippen molar-refractivity contribution in [3.63, 3.8) is 0 Å². The summed E-state index contributed by atoms with van der Waals surface area (Å²) in [6, 6.07) is 5.29. The topological polar surface area (TPSA) is 66.4 Å². The average molecular weight is 275 g/mol. The maximum Gasteiger partial charge on any atom is 0.216 e. The van der Waals surface area contributed by atoms with Crippen molar-refractivity contribution in [2.45, 2.75) is 31.6 Å². The van der Waals surface area contributed by atoms with Crippen LogP contribution in [0.4, 0.5) is 4.39 Å². The predicted octanol–water partition coefficient (Wildman–Crippen LogP) is 1.41. The Morgan fingerprint density at radius 2 is 2.17 bits per heavy atom. The molecule has 102 valence electrons. The Morgan fingerprint density at radius 1 is 1.44 bits per heavy atom. The van der Waals surface area contributed by atoms with Gasteiger partial charge >= 0.3 is 0 Å². The van der Waals surface area contributed by atoms with Crippen molar-refractivity contribution >= 4 is 10.0 Å². The fraction of sp³-hybridized carbons (Fsp3) is 0.500. The van der Waals surface area contributed by atoms with E-state index >= 15 is 0 Å². The Balaban J connectivity index is 2.59. The van der Waals surface area contributed by atoms with Gasteiger partial charge in [0.15, 0.2) is 0 Å². The number of aliphatic hydroxyl groups excluding tert-OH is 1. The maximum absolute atomic E-state index is 12.9. The molecule has 0 fully saturated rings. The van der Waals surface area contributed by atoms with Crippen LogP contribution in [0, 0.1) is 5.82 Å². The van der Waals surface area contributed by atoms with Gasteiger partial charge in [-0.1, -0.05) is 12.1 Å². The molecule has 1 atom stereocenters. The standard InChI is InChI=1S/C12H18FNO3S/c1-10(4-3-7-15)14-18(16,17)9-11-5-2-6-12(13)8-11/h2,5-6,8,10,14-15H,3-4,7,9H2,1H3. The first-order valence-corrected chi connectivity index (χ1v) is 7.43. The van der Waals surface area contributed by atoms with Gasteiger partial charge in [-0.2, -0.15) is 0 Å². The van der Waals surface area contributed by atoms with Gasteiger partial charge in [0.25, 0.3) is 0 Å². The molecule has 6 heteroatoms. The molecule has 4 nitrogen and oxygen atoms in total. The number of aliphatic hydroxyl groups is 1. The van der Waals surface area contributed by atoms with E-state index in [2.05, 4.69) is 4.72 Å². The van der Waals surface area contributed by atoms with Gasteiger partial charge in [-0.15, -0.1) is 0 Å². The summed E-state index contributed by atoms with van der Waals surface area (Å²) in [7, 11) is -3.48. The summed E-state index contributed by atoms with van der Waals surface area (Å²) >= 11 is 0. The lowest BCUT2D eigenvalue weighted by atomic mass is 10.2. The lowest BCUT2D eigenvalue weighted by molar-refractivity contribution is 0.279. The van der Waals surface area contributed by atoms with E-state index in [1.807, 2.05) is 0 Å². The monoisotopic (exact) mass is 275 g/mol. The summed E-state index contributed by atoms with van der Waals surface area (Å²) in [6.45, 7) is 1.77. The number of hydrogen-bond acceptors (Lipinski definition) is 3. The fourth-order valence-corrected chi connectivity index (χ4v) is 3.08. The zero-order chi connectivity index (χ0) is 13.6. The summed E-state index contributed by atoms with van der Waals surface area (Å²) in [4.78, 5) is 0. The highest BCUT2D eigenvalue weighted by Gasteiger charge is 2.15. The smallest absolute Gasteiger partial charge is 0.216 e. The van der Waals surface area contributed by atoms with Gasteiger partial charge < -0.3 is 5.11 Å². The van der Waals surface area contributed by atoms with E-state index in [0.29, 0.717) is 18.4 Å². The minimum Gasteiger partial charge on any atom is -0.396 e. The van der Waals surface area contributed by atoms with E-state index < -0.39 is 15.8 Å². The van der Waals surface area contributed by atoms with Crippen LogP contribution in [-0.2, 0) is 15.8 Å². The van der Waals surface area contributed by atoms with Gasteiger partial charge in [-0.3, -0.25) is 0 Å². The third-order valence-electron chi connectivity index (χ3n) is 2.42. The van der Waals surface area contributed by atoms with Crippen LogP contribution in [0.15, 0.2) is 24.3 Å². The summed E-state index contributed by atoms with van der Waals surface area (Å²) in [5.41, 5.74) is 0.414. The Hall–Kier alpha value is -0.980. The van der Waals surface area contributed by atoms with Crippen molar-refractivity contribution in [2.24, 2.45) is 0 Å². The van der Waals surface area contributed by atoms with Crippen molar-refractivity contribution in [3.8, 4) is 0 Å². The Labute approximate surface area is 107 Å². The van der Waals surface area contributed by atoms with Gasteiger partial charge in [-0.05, 0) is 37.5 Å². The van der Waals surface area contributed by atoms with Crippen LogP contribution in [-0.4, -0.2) is 26.2 Å². The second-order valence-electron chi connectivity index (χ2n) is 4.27. The molecule has 0 aliphatic heterocycles. The molecule has 1 unspecified atom stereocenters. The van der Waals surface area contributed by atoms with E-state index in [0.717, 1.165) is 0 Å². The van der Waals surface area contributed by atoms with E-state index in [1.165, 1.54) is 18.2 Å². The van der Waals surface area contributed by atoms with Crippen molar-refractivity contribution in [3.05, 3.63) is 35.6 Å². The van der Waals surface area contributed by atoms with Gasteiger partial charge in [0.2, 0.25) is 10.0 Å². The van der Waals surface area contributed by atoms with Crippen molar-refractivity contribution in [1.82, 2.24) is 4.72 Å². The number of sulfonamides is 1. The Bertz CT molecular complexity index is 476. The molecule has 1 aromatic rings. The number of hydrogen-bond donors (Lipinski definition) is 2. The molecule has 0 saturated heterocycles. The highest BCUT2D eigenvalue weighted by molar-refractivity contribution is 7.88. The highest BCUT2D eigenvalue weighted by atomic mass is 32.2. The van der Waals surface area contributed by atoms with E-state index in [9.17, 15) is 12.8 Å². The van der Waals surface area contributed by atoms with Crippen LogP contribution in [0.1, 0.15) is 25.3 Å². The van der Waals surface area contributed by atoms with Gasteiger partial charge in [0.05, 0.1) is 5.75 Å². The molecule has 0 aliphatic rings. The highest BCUT2D eigenvalue weighted by Crippen LogP contribution is 2.08. The zero-order valence-corrected chi connectivity index (χ0v) is 11.1. The lowest BCUT2D eigenvalue weighted by Gasteiger charge is -2.13. The second kappa shape index (κ2) is 6.82. The zero-order valence-electron chi connectivity index (χ0n) is 10.3. The number of nitrogens with one attached hydrogen (secondary N) is 1. The number of rotatable bonds is 7. The molecule has 0 radical (unpaired) electrons. The molecule has 2 N–H and O–H groups in total. The van der Waals surface area contributed by atoms with E-state index in [1.54, 1.807) is 13.0 Å². The summed E-state index contributed by atoms with van der Waals surface area (Å²) in [5, 5.41) is 8.66. The van der Waals surface area contributed by atoms with E-state index in [4.69, 9.17) is 5.11 Å². The van der Waals surface area contributed by atoms with Crippen molar-refractivity contribution in [1.29, 1.82) is 0 Å². The van der Waals surface area contributed by atoms with Gasteiger partial charge in [0.1, 0.15) is 5.82 Å². The largest absolute Gasteiger partial charge is 0.396 e. The predicted molar refractivity (Wildman–Crippen MR) is 67.9 cm³/mol. The third-order valence-corrected chi connectivity index (χ3v) is 3.90. The SMILES string of the molecule is CC(CCCO)NS(=O)(=O)Cc1cccc(F)c1. The van der Waals surface area contributed by atoms with Crippen LogP contribution in [0.5, 0.6) is 0 Å². The molecular weight excluding hydrogens is 257 g/mol. The minimum atomic E-state index is -3.48. The molecular formula is C12H18FNO3S.